The Morgan fingerprint density at radius 3 is 2.26 bits per heavy atom. The molecule has 0 aliphatic heterocycles. The number of hydrogen-bond donors (Lipinski definition) is 0. The van der Waals surface area contributed by atoms with Gasteiger partial charge in [-0.25, -0.2) is 0 Å². The topological polar surface area (TPSA) is 18.5 Å². The Bertz CT molecular complexity index is 452. The molecule has 104 valence electrons. The molecule has 2 saturated carbocycles. The lowest BCUT2D eigenvalue weighted by molar-refractivity contribution is 0.234. The number of halogens is 2. The van der Waals surface area contributed by atoms with Crippen molar-refractivity contribution in [1.82, 2.24) is 0 Å². The number of rotatable bonds is 5. The first-order valence-corrected chi connectivity index (χ1v) is 7.01. The predicted molar refractivity (Wildman–Crippen MR) is 67.5 cm³/mol. The Kier molecular flexibility index (Phi) is 3.58. The van der Waals surface area contributed by atoms with Crippen LogP contribution >= 0.6 is 0 Å². The van der Waals surface area contributed by atoms with Crippen LogP contribution in [0.1, 0.15) is 38.5 Å². The van der Waals surface area contributed by atoms with Crippen LogP contribution in [-0.2, 0) is 0 Å². The minimum Gasteiger partial charge on any atom is -0.490 e. The lowest BCUT2D eigenvalue weighted by atomic mass is 10.1. The van der Waals surface area contributed by atoms with Crippen LogP contribution in [0.5, 0.6) is 11.5 Å². The fourth-order valence-electron chi connectivity index (χ4n) is 2.47. The molecule has 0 N–H and O–H groups in total. The summed E-state index contributed by atoms with van der Waals surface area (Å²) in [5.41, 5.74) is 0. The minimum atomic E-state index is -0.934. The molecule has 1 aromatic carbocycles. The standard InChI is InChI=1S/C15H18F2O2/c16-14-12(18-9-10-3-1-2-4-10)7-8-13(15(14)17)19-11-5-6-11/h7-8,10-11H,1-6,9H2. The summed E-state index contributed by atoms with van der Waals surface area (Å²) in [6.07, 6.45) is 6.54. The van der Waals surface area contributed by atoms with Gasteiger partial charge in [-0.3, -0.25) is 0 Å². The van der Waals surface area contributed by atoms with Gasteiger partial charge in [-0.15, -0.1) is 0 Å². The summed E-state index contributed by atoms with van der Waals surface area (Å²) in [5.74, 6) is -1.41. The van der Waals surface area contributed by atoms with E-state index in [9.17, 15) is 8.78 Å². The summed E-state index contributed by atoms with van der Waals surface area (Å²) in [6, 6.07) is 2.92. The first-order valence-electron chi connectivity index (χ1n) is 7.01. The number of benzene rings is 1. The van der Waals surface area contributed by atoms with Crippen LogP contribution in [0.4, 0.5) is 8.78 Å². The van der Waals surface area contributed by atoms with Gasteiger partial charge in [-0.2, -0.15) is 8.78 Å². The molecule has 0 amide bonds. The number of hydrogen-bond acceptors (Lipinski definition) is 2. The molecule has 2 aliphatic carbocycles. The van der Waals surface area contributed by atoms with E-state index in [-0.39, 0.29) is 17.6 Å². The second-order valence-electron chi connectivity index (χ2n) is 5.47. The van der Waals surface area contributed by atoms with Gasteiger partial charge in [0.25, 0.3) is 0 Å². The van der Waals surface area contributed by atoms with E-state index in [0.717, 1.165) is 25.7 Å². The Hall–Kier alpha value is -1.32. The summed E-state index contributed by atoms with van der Waals surface area (Å²) in [7, 11) is 0. The highest BCUT2D eigenvalue weighted by Gasteiger charge is 2.26. The first kappa shape index (κ1) is 12.7. The van der Waals surface area contributed by atoms with Crippen LogP contribution in [0, 0.1) is 17.6 Å². The smallest absolute Gasteiger partial charge is 0.204 e. The third-order valence-electron chi connectivity index (χ3n) is 3.78. The van der Waals surface area contributed by atoms with Gasteiger partial charge in [0, 0.05) is 0 Å². The average Bonchev–Trinajstić information content (AvgIpc) is 3.07. The molecular weight excluding hydrogens is 250 g/mol. The minimum absolute atomic E-state index is 0.00628. The molecule has 2 fully saturated rings. The van der Waals surface area contributed by atoms with E-state index in [1.807, 2.05) is 0 Å². The zero-order valence-corrected chi connectivity index (χ0v) is 10.8. The lowest BCUT2D eigenvalue weighted by Crippen LogP contribution is -2.10. The van der Waals surface area contributed by atoms with Crippen molar-refractivity contribution < 1.29 is 18.3 Å². The molecule has 3 rings (SSSR count). The van der Waals surface area contributed by atoms with Crippen molar-refractivity contribution in [2.75, 3.05) is 6.61 Å². The Morgan fingerprint density at radius 2 is 1.58 bits per heavy atom. The van der Waals surface area contributed by atoms with Crippen molar-refractivity contribution in [2.45, 2.75) is 44.6 Å². The van der Waals surface area contributed by atoms with Crippen LogP contribution in [0.15, 0.2) is 12.1 Å². The van der Waals surface area contributed by atoms with Gasteiger partial charge < -0.3 is 9.47 Å². The maximum absolute atomic E-state index is 13.8. The molecule has 0 heterocycles. The molecule has 19 heavy (non-hydrogen) atoms. The van der Waals surface area contributed by atoms with Crippen molar-refractivity contribution in [3.8, 4) is 11.5 Å². The summed E-state index contributed by atoms with van der Waals surface area (Å²) < 4.78 is 38.3. The third kappa shape index (κ3) is 2.99. The van der Waals surface area contributed by atoms with E-state index in [1.54, 1.807) is 0 Å². The first-order chi connectivity index (χ1) is 9.24. The average molecular weight is 268 g/mol. The molecule has 0 radical (unpaired) electrons. The van der Waals surface area contributed by atoms with E-state index >= 15 is 0 Å². The van der Waals surface area contributed by atoms with E-state index in [1.165, 1.54) is 25.0 Å². The highest BCUT2D eigenvalue weighted by atomic mass is 19.2. The molecule has 2 aliphatic rings. The molecule has 0 spiro atoms. The highest BCUT2D eigenvalue weighted by molar-refractivity contribution is 5.35. The monoisotopic (exact) mass is 268 g/mol. The number of ether oxygens (including phenoxy) is 2. The SMILES string of the molecule is Fc1c(OCC2CCCC2)ccc(OC2CC2)c1F. The largest absolute Gasteiger partial charge is 0.490 e. The van der Waals surface area contributed by atoms with Gasteiger partial charge in [0.2, 0.25) is 11.6 Å². The maximum atomic E-state index is 13.8. The summed E-state index contributed by atoms with van der Waals surface area (Å²) in [4.78, 5) is 0. The van der Waals surface area contributed by atoms with E-state index < -0.39 is 11.6 Å². The van der Waals surface area contributed by atoms with Gasteiger partial charge >= 0.3 is 0 Å². The van der Waals surface area contributed by atoms with Crippen molar-refractivity contribution in [3.05, 3.63) is 23.8 Å². The quantitative estimate of drug-likeness (QED) is 0.801. The fourth-order valence-corrected chi connectivity index (χ4v) is 2.47. The lowest BCUT2D eigenvalue weighted by Gasteiger charge is -2.13. The Morgan fingerprint density at radius 1 is 0.947 bits per heavy atom. The predicted octanol–water partition coefficient (Wildman–Crippen LogP) is 4.08. The van der Waals surface area contributed by atoms with Gasteiger partial charge in [0.15, 0.2) is 11.5 Å². The second kappa shape index (κ2) is 5.35. The second-order valence-corrected chi connectivity index (χ2v) is 5.47. The Balaban J connectivity index is 1.65. The summed E-state index contributed by atoms with van der Waals surface area (Å²) in [6.45, 7) is 0.471. The molecule has 0 atom stereocenters. The molecule has 0 bridgehead atoms. The molecule has 0 saturated heterocycles. The van der Waals surface area contributed by atoms with Crippen LogP contribution in [0.25, 0.3) is 0 Å². The molecule has 1 aromatic rings. The normalized spacial score (nSPS) is 19.7. The molecular formula is C15H18F2O2. The van der Waals surface area contributed by atoms with Gasteiger partial charge in [-0.1, -0.05) is 12.8 Å². The molecule has 4 heteroatoms. The zero-order valence-electron chi connectivity index (χ0n) is 10.8. The molecule has 0 aromatic heterocycles. The highest BCUT2D eigenvalue weighted by Crippen LogP contribution is 2.33. The fraction of sp³-hybridized carbons (Fsp3) is 0.600. The van der Waals surface area contributed by atoms with Crippen LogP contribution in [0.2, 0.25) is 0 Å². The van der Waals surface area contributed by atoms with Crippen molar-refractivity contribution in [1.29, 1.82) is 0 Å². The summed E-state index contributed by atoms with van der Waals surface area (Å²) >= 11 is 0. The van der Waals surface area contributed by atoms with Crippen molar-refractivity contribution in [3.63, 3.8) is 0 Å². The van der Waals surface area contributed by atoms with Crippen LogP contribution < -0.4 is 9.47 Å². The van der Waals surface area contributed by atoms with E-state index in [4.69, 9.17) is 9.47 Å². The van der Waals surface area contributed by atoms with Crippen LogP contribution in [-0.4, -0.2) is 12.7 Å². The third-order valence-corrected chi connectivity index (χ3v) is 3.78. The van der Waals surface area contributed by atoms with Gasteiger partial charge in [0.1, 0.15) is 0 Å². The van der Waals surface area contributed by atoms with E-state index in [2.05, 4.69) is 0 Å². The van der Waals surface area contributed by atoms with E-state index in [0.29, 0.717) is 12.5 Å². The molecule has 0 unspecified atom stereocenters. The van der Waals surface area contributed by atoms with Gasteiger partial charge in [-0.05, 0) is 43.7 Å². The summed E-state index contributed by atoms with van der Waals surface area (Å²) in [5, 5.41) is 0. The Labute approximate surface area is 111 Å². The van der Waals surface area contributed by atoms with Crippen molar-refractivity contribution >= 4 is 0 Å². The van der Waals surface area contributed by atoms with Crippen molar-refractivity contribution in [2.24, 2.45) is 5.92 Å². The zero-order chi connectivity index (χ0) is 13.2. The molecule has 2 nitrogen and oxygen atoms in total. The maximum Gasteiger partial charge on any atom is 0.204 e. The van der Waals surface area contributed by atoms with Gasteiger partial charge in [0.05, 0.1) is 12.7 Å². The van der Waals surface area contributed by atoms with Crippen LogP contribution in [0.3, 0.4) is 0 Å².